The van der Waals surface area contributed by atoms with Gasteiger partial charge in [0.1, 0.15) is 0 Å². The van der Waals surface area contributed by atoms with Gasteiger partial charge >= 0.3 is 0 Å². The molecule has 0 N–H and O–H groups in total. The van der Waals surface area contributed by atoms with Crippen LogP contribution in [0.15, 0.2) is 18.2 Å². The molecule has 0 bridgehead atoms. The van der Waals surface area contributed by atoms with E-state index >= 15 is 0 Å². The summed E-state index contributed by atoms with van der Waals surface area (Å²) < 4.78 is 0. The number of rotatable bonds is 6. The number of hydrogen-bond donors (Lipinski definition) is 0. The highest BCUT2D eigenvalue weighted by molar-refractivity contribution is 5.35. The highest BCUT2D eigenvalue weighted by Crippen LogP contribution is 2.19. The molecule has 0 saturated carbocycles. The lowest BCUT2D eigenvalue weighted by Crippen LogP contribution is -1.99. The van der Waals surface area contributed by atoms with Crippen molar-refractivity contribution < 1.29 is 0 Å². The minimum absolute atomic E-state index is 1.18. The zero-order valence-corrected chi connectivity index (χ0v) is 10.5. The Labute approximate surface area is 94.7 Å². The smallest absolute Gasteiger partial charge is 0.0276 e. The highest BCUT2D eigenvalue weighted by Gasteiger charge is 2.05. The van der Waals surface area contributed by atoms with Crippen LogP contribution in [0.25, 0.3) is 0 Å². The molecule has 1 rings (SSSR count). The first-order chi connectivity index (χ1) is 7.33. The molecule has 0 nitrogen and oxygen atoms in total. The molecule has 0 atom stereocenters. The predicted octanol–water partition coefficient (Wildman–Crippen LogP) is 4.54. The fourth-order valence-electron chi connectivity index (χ4n) is 2.19. The van der Waals surface area contributed by atoms with Crippen molar-refractivity contribution >= 4 is 0 Å². The Hall–Kier alpha value is -0.780. The van der Waals surface area contributed by atoms with Gasteiger partial charge in [-0.1, -0.05) is 51.8 Å². The maximum Gasteiger partial charge on any atom is -0.0276 e. The lowest BCUT2D eigenvalue weighted by Gasteiger charge is -2.13. The van der Waals surface area contributed by atoms with E-state index in [9.17, 15) is 0 Å². The van der Waals surface area contributed by atoms with E-state index in [1.165, 1.54) is 38.5 Å². The molecule has 0 heteroatoms. The third-order valence-electron chi connectivity index (χ3n) is 3.05. The van der Waals surface area contributed by atoms with E-state index in [2.05, 4.69) is 39.0 Å². The van der Waals surface area contributed by atoms with E-state index in [1.54, 1.807) is 16.7 Å². The molecule has 1 aromatic rings. The van der Waals surface area contributed by atoms with Crippen LogP contribution in [0.3, 0.4) is 0 Å². The molecule has 0 radical (unpaired) electrons. The molecule has 0 unspecified atom stereocenters. The van der Waals surface area contributed by atoms with Crippen molar-refractivity contribution in [1.29, 1.82) is 0 Å². The number of aryl methyl sites for hydroxylation is 2. The van der Waals surface area contributed by atoms with Gasteiger partial charge in [-0.2, -0.15) is 0 Å². The number of hydrogen-bond acceptors (Lipinski definition) is 0. The Bertz CT molecular complexity index is 286. The van der Waals surface area contributed by atoms with Gasteiger partial charge in [-0.25, -0.2) is 0 Å². The summed E-state index contributed by atoms with van der Waals surface area (Å²) in [5.41, 5.74) is 4.79. The average molecular weight is 204 g/mol. The second kappa shape index (κ2) is 6.66. The first kappa shape index (κ1) is 12.3. The third-order valence-corrected chi connectivity index (χ3v) is 3.05. The largest absolute Gasteiger partial charge is 0.0654 e. The lowest BCUT2D eigenvalue weighted by molar-refractivity contribution is 0.776. The van der Waals surface area contributed by atoms with Crippen molar-refractivity contribution in [3.63, 3.8) is 0 Å². The van der Waals surface area contributed by atoms with Crippen LogP contribution < -0.4 is 0 Å². The molecule has 0 spiro atoms. The van der Waals surface area contributed by atoms with E-state index in [0.29, 0.717) is 0 Å². The van der Waals surface area contributed by atoms with Gasteiger partial charge in [-0.15, -0.1) is 0 Å². The van der Waals surface area contributed by atoms with Crippen molar-refractivity contribution in [3.8, 4) is 0 Å². The molecular weight excluding hydrogens is 180 g/mol. The summed E-state index contributed by atoms with van der Waals surface area (Å²) in [6, 6.07) is 6.84. The summed E-state index contributed by atoms with van der Waals surface area (Å²) in [6.07, 6.45) is 7.57. The normalized spacial score (nSPS) is 10.6. The first-order valence-electron chi connectivity index (χ1n) is 6.43. The molecule has 0 heterocycles. The van der Waals surface area contributed by atoms with E-state index in [0.717, 1.165) is 0 Å². The van der Waals surface area contributed by atoms with E-state index < -0.39 is 0 Å². The summed E-state index contributed by atoms with van der Waals surface area (Å²) in [6.45, 7) is 6.80. The van der Waals surface area contributed by atoms with Gasteiger partial charge in [0.05, 0.1) is 0 Å². The second-order valence-electron chi connectivity index (χ2n) is 4.26. The monoisotopic (exact) mass is 204 g/mol. The van der Waals surface area contributed by atoms with Crippen molar-refractivity contribution in [2.45, 2.75) is 59.3 Å². The Morgan fingerprint density at radius 1 is 0.867 bits per heavy atom. The van der Waals surface area contributed by atoms with Crippen molar-refractivity contribution in [1.82, 2.24) is 0 Å². The molecule has 0 saturated heterocycles. The van der Waals surface area contributed by atoms with Gasteiger partial charge in [0.25, 0.3) is 0 Å². The topological polar surface area (TPSA) is 0 Å². The van der Waals surface area contributed by atoms with Crippen LogP contribution >= 0.6 is 0 Å². The van der Waals surface area contributed by atoms with Crippen LogP contribution in [-0.2, 0) is 19.3 Å². The molecule has 0 aliphatic rings. The second-order valence-corrected chi connectivity index (χ2v) is 4.26. The van der Waals surface area contributed by atoms with E-state index in [4.69, 9.17) is 0 Å². The summed E-state index contributed by atoms with van der Waals surface area (Å²) >= 11 is 0. The quantitative estimate of drug-likeness (QED) is 0.638. The summed E-state index contributed by atoms with van der Waals surface area (Å²) in [4.78, 5) is 0. The molecule has 0 amide bonds. The van der Waals surface area contributed by atoms with Crippen LogP contribution in [0.4, 0.5) is 0 Å². The molecule has 84 valence electrons. The zero-order valence-electron chi connectivity index (χ0n) is 10.5. The fourth-order valence-corrected chi connectivity index (χ4v) is 2.19. The first-order valence-corrected chi connectivity index (χ1v) is 6.43. The third kappa shape index (κ3) is 3.37. The van der Waals surface area contributed by atoms with Crippen LogP contribution in [0.2, 0.25) is 0 Å². The minimum Gasteiger partial charge on any atom is -0.0654 e. The van der Waals surface area contributed by atoms with Crippen LogP contribution in [0.5, 0.6) is 0 Å². The number of benzene rings is 1. The van der Waals surface area contributed by atoms with Crippen molar-refractivity contribution in [2.75, 3.05) is 0 Å². The maximum absolute atomic E-state index is 2.32. The SMILES string of the molecule is CCCCc1cccc(CC)c1CCC. The highest BCUT2D eigenvalue weighted by atomic mass is 14.1. The van der Waals surface area contributed by atoms with Crippen LogP contribution in [0.1, 0.15) is 56.7 Å². The Morgan fingerprint density at radius 3 is 2.20 bits per heavy atom. The Kier molecular flexibility index (Phi) is 5.45. The van der Waals surface area contributed by atoms with Crippen molar-refractivity contribution in [2.24, 2.45) is 0 Å². The molecule has 0 aliphatic heterocycles. The van der Waals surface area contributed by atoms with Gasteiger partial charge in [-0.05, 0) is 42.4 Å². The Balaban J connectivity index is 2.90. The minimum atomic E-state index is 1.18. The van der Waals surface area contributed by atoms with Gasteiger partial charge in [0, 0.05) is 0 Å². The molecule has 1 aromatic carbocycles. The molecule has 15 heavy (non-hydrogen) atoms. The zero-order chi connectivity index (χ0) is 11.1. The number of unbranched alkanes of at least 4 members (excludes halogenated alkanes) is 1. The summed E-state index contributed by atoms with van der Waals surface area (Å²) in [7, 11) is 0. The van der Waals surface area contributed by atoms with Gasteiger partial charge in [0.2, 0.25) is 0 Å². The fraction of sp³-hybridized carbons (Fsp3) is 0.600. The van der Waals surface area contributed by atoms with Crippen molar-refractivity contribution in [3.05, 3.63) is 34.9 Å². The molecular formula is C15H24. The summed E-state index contributed by atoms with van der Waals surface area (Å²) in [5, 5.41) is 0. The van der Waals surface area contributed by atoms with Crippen LogP contribution in [-0.4, -0.2) is 0 Å². The summed E-state index contributed by atoms with van der Waals surface area (Å²) in [5.74, 6) is 0. The van der Waals surface area contributed by atoms with E-state index in [1.807, 2.05) is 0 Å². The maximum atomic E-state index is 2.32. The van der Waals surface area contributed by atoms with Crippen LogP contribution in [0, 0.1) is 0 Å². The van der Waals surface area contributed by atoms with Gasteiger partial charge in [0.15, 0.2) is 0 Å². The lowest BCUT2D eigenvalue weighted by atomic mass is 9.93. The molecule has 0 fully saturated rings. The standard InChI is InChI=1S/C15H24/c1-4-7-10-14-12-8-11-13(6-3)15(14)9-5-2/h8,11-12H,4-7,9-10H2,1-3H3. The molecule has 0 aliphatic carbocycles. The molecule has 0 aromatic heterocycles. The predicted molar refractivity (Wildman–Crippen MR) is 68.4 cm³/mol. The Morgan fingerprint density at radius 2 is 1.60 bits per heavy atom. The van der Waals surface area contributed by atoms with Gasteiger partial charge in [-0.3, -0.25) is 0 Å². The van der Waals surface area contributed by atoms with Gasteiger partial charge < -0.3 is 0 Å². The van der Waals surface area contributed by atoms with E-state index in [-0.39, 0.29) is 0 Å². The average Bonchev–Trinajstić information content (AvgIpc) is 2.28.